The lowest BCUT2D eigenvalue weighted by molar-refractivity contribution is -0.136. The van der Waals surface area contributed by atoms with Crippen LogP contribution in [0, 0.1) is 0 Å². The zero-order chi connectivity index (χ0) is 15.2. The molecule has 5 nitrogen and oxygen atoms in total. The predicted molar refractivity (Wildman–Crippen MR) is 81.2 cm³/mol. The van der Waals surface area contributed by atoms with Crippen molar-refractivity contribution in [2.75, 3.05) is 17.2 Å². The molecule has 0 radical (unpaired) electrons. The summed E-state index contributed by atoms with van der Waals surface area (Å²) in [7, 11) is 0. The molecule has 2 aromatic carbocycles. The Bertz CT molecular complexity index is 641. The first-order valence-corrected chi connectivity index (χ1v) is 6.53. The van der Waals surface area contributed by atoms with E-state index in [-0.39, 0.29) is 18.9 Å². The molecule has 0 aliphatic carbocycles. The van der Waals surface area contributed by atoms with E-state index in [0.29, 0.717) is 16.9 Å². The Hall–Kier alpha value is -2.82. The van der Waals surface area contributed by atoms with Crippen LogP contribution in [0.2, 0.25) is 0 Å². The molecule has 1 amide bonds. The third kappa shape index (κ3) is 3.60. The molecule has 0 saturated carbocycles. The Balaban J connectivity index is 2.33. The number of carbonyl (C=O) groups excluding carboxylic acids is 1. The first-order valence-electron chi connectivity index (χ1n) is 6.53. The van der Waals surface area contributed by atoms with Gasteiger partial charge in [0.1, 0.15) is 0 Å². The van der Waals surface area contributed by atoms with E-state index in [1.807, 2.05) is 6.07 Å². The van der Waals surface area contributed by atoms with E-state index in [0.717, 1.165) is 0 Å². The van der Waals surface area contributed by atoms with Gasteiger partial charge in [-0.2, -0.15) is 0 Å². The number of carboxylic acid groups (broad SMARTS) is 1. The Morgan fingerprint density at radius 1 is 1.00 bits per heavy atom. The normalized spacial score (nSPS) is 10.1. The van der Waals surface area contributed by atoms with Crippen LogP contribution in [0.4, 0.5) is 11.4 Å². The number of nitrogens with two attached hydrogens (primary N) is 1. The molecule has 0 aromatic heterocycles. The van der Waals surface area contributed by atoms with Crippen molar-refractivity contribution < 1.29 is 14.7 Å². The number of benzene rings is 2. The molecule has 0 heterocycles. The predicted octanol–water partition coefficient (Wildman–Crippen LogP) is 2.39. The highest BCUT2D eigenvalue weighted by atomic mass is 16.4. The maximum atomic E-state index is 12.6. The number of hydrogen-bond acceptors (Lipinski definition) is 3. The lowest BCUT2D eigenvalue weighted by Crippen LogP contribution is -2.33. The van der Waals surface area contributed by atoms with Crippen molar-refractivity contribution in [3.63, 3.8) is 0 Å². The van der Waals surface area contributed by atoms with Gasteiger partial charge in [-0.15, -0.1) is 0 Å². The van der Waals surface area contributed by atoms with Gasteiger partial charge in [0.25, 0.3) is 5.91 Å². The molecule has 0 aliphatic rings. The number of carboxylic acids is 1. The number of rotatable bonds is 5. The molecule has 108 valence electrons. The fourth-order valence-corrected chi connectivity index (χ4v) is 2.00. The SMILES string of the molecule is Nc1ccccc1C(=O)N(CCC(=O)O)c1ccccc1. The van der Waals surface area contributed by atoms with Crippen molar-refractivity contribution in [2.45, 2.75) is 6.42 Å². The molecule has 0 unspecified atom stereocenters. The van der Waals surface area contributed by atoms with Gasteiger partial charge in [0.05, 0.1) is 12.0 Å². The third-order valence-corrected chi connectivity index (χ3v) is 3.05. The summed E-state index contributed by atoms with van der Waals surface area (Å²) >= 11 is 0. The minimum atomic E-state index is -0.954. The Morgan fingerprint density at radius 2 is 1.62 bits per heavy atom. The van der Waals surface area contributed by atoms with Crippen molar-refractivity contribution in [3.8, 4) is 0 Å². The van der Waals surface area contributed by atoms with Crippen LogP contribution in [-0.4, -0.2) is 23.5 Å². The second-order valence-electron chi connectivity index (χ2n) is 4.52. The minimum Gasteiger partial charge on any atom is -0.481 e. The second kappa shape index (κ2) is 6.56. The van der Waals surface area contributed by atoms with Gasteiger partial charge in [0.15, 0.2) is 0 Å². The molecule has 5 heteroatoms. The zero-order valence-corrected chi connectivity index (χ0v) is 11.4. The van der Waals surface area contributed by atoms with Crippen molar-refractivity contribution in [1.82, 2.24) is 0 Å². The molecule has 3 N–H and O–H groups in total. The first kappa shape index (κ1) is 14.6. The van der Waals surface area contributed by atoms with Gasteiger partial charge in [-0.1, -0.05) is 30.3 Å². The number of hydrogen-bond donors (Lipinski definition) is 2. The second-order valence-corrected chi connectivity index (χ2v) is 4.52. The van der Waals surface area contributed by atoms with Gasteiger partial charge in [0, 0.05) is 17.9 Å². The van der Waals surface area contributed by atoms with Crippen LogP contribution in [0.5, 0.6) is 0 Å². The van der Waals surface area contributed by atoms with E-state index >= 15 is 0 Å². The van der Waals surface area contributed by atoms with E-state index in [1.54, 1.807) is 48.5 Å². The third-order valence-electron chi connectivity index (χ3n) is 3.05. The summed E-state index contributed by atoms with van der Waals surface area (Å²) in [5.74, 6) is -1.26. The van der Waals surface area contributed by atoms with Crippen molar-refractivity contribution >= 4 is 23.3 Å². The maximum absolute atomic E-state index is 12.6. The van der Waals surface area contributed by atoms with Crippen molar-refractivity contribution in [2.24, 2.45) is 0 Å². The number of nitrogens with zero attached hydrogens (tertiary/aromatic N) is 1. The smallest absolute Gasteiger partial charge is 0.305 e. The van der Waals surface area contributed by atoms with Gasteiger partial charge in [-0.25, -0.2) is 0 Å². The molecule has 0 aliphatic heterocycles. The molecule has 0 bridgehead atoms. The molecule has 2 rings (SSSR count). The van der Waals surface area contributed by atoms with Crippen LogP contribution < -0.4 is 10.6 Å². The largest absolute Gasteiger partial charge is 0.481 e. The van der Waals surface area contributed by atoms with Gasteiger partial charge < -0.3 is 15.7 Å². The number of carbonyl (C=O) groups is 2. The standard InChI is InChI=1S/C16H16N2O3/c17-14-9-5-4-8-13(14)16(21)18(11-10-15(19)20)12-6-2-1-3-7-12/h1-9H,10-11,17H2,(H,19,20). The average molecular weight is 284 g/mol. The average Bonchev–Trinajstić information content (AvgIpc) is 2.48. The fourth-order valence-electron chi connectivity index (χ4n) is 2.00. The number of amides is 1. The quantitative estimate of drug-likeness (QED) is 0.826. The summed E-state index contributed by atoms with van der Waals surface area (Å²) in [6, 6.07) is 15.7. The highest BCUT2D eigenvalue weighted by Crippen LogP contribution is 2.20. The van der Waals surface area contributed by atoms with E-state index in [9.17, 15) is 9.59 Å². The molecule has 2 aromatic rings. The topological polar surface area (TPSA) is 83.6 Å². The van der Waals surface area contributed by atoms with E-state index < -0.39 is 5.97 Å². The van der Waals surface area contributed by atoms with Gasteiger partial charge in [-0.3, -0.25) is 9.59 Å². The minimum absolute atomic E-state index is 0.0898. The van der Waals surface area contributed by atoms with Gasteiger partial charge in [-0.05, 0) is 24.3 Å². The Kier molecular flexibility index (Phi) is 4.56. The van der Waals surface area contributed by atoms with Crippen LogP contribution in [0.25, 0.3) is 0 Å². The van der Waals surface area contributed by atoms with Crippen LogP contribution in [0.3, 0.4) is 0 Å². The van der Waals surface area contributed by atoms with Crippen LogP contribution in [0.15, 0.2) is 54.6 Å². The highest BCUT2D eigenvalue weighted by Gasteiger charge is 2.20. The summed E-state index contributed by atoms with van der Waals surface area (Å²) in [5.41, 5.74) is 7.22. The molecule has 0 atom stereocenters. The fraction of sp³-hybridized carbons (Fsp3) is 0.125. The van der Waals surface area contributed by atoms with Crippen LogP contribution >= 0.6 is 0 Å². The number of anilines is 2. The van der Waals surface area contributed by atoms with Crippen molar-refractivity contribution in [3.05, 3.63) is 60.2 Å². The van der Waals surface area contributed by atoms with Crippen LogP contribution in [-0.2, 0) is 4.79 Å². The zero-order valence-electron chi connectivity index (χ0n) is 11.4. The lowest BCUT2D eigenvalue weighted by Gasteiger charge is -2.22. The van der Waals surface area contributed by atoms with Gasteiger partial charge in [0.2, 0.25) is 0 Å². The van der Waals surface area contributed by atoms with E-state index in [2.05, 4.69) is 0 Å². The number of nitrogen functional groups attached to an aromatic ring is 1. The molecular weight excluding hydrogens is 268 g/mol. The molecule has 0 fully saturated rings. The van der Waals surface area contributed by atoms with Crippen molar-refractivity contribution in [1.29, 1.82) is 0 Å². The monoisotopic (exact) mass is 284 g/mol. The molecule has 21 heavy (non-hydrogen) atoms. The Labute approximate surface area is 122 Å². The molecule has 0 saturated heterocycles. The molecular formula is C16H16N2O3. The maximum Gasteiger partial charge on any atom is 0.305 e. The Morgan fingerprint density at radius 3 is 2.24 bits per heavy atom. The summed E-state index contributed by atoms with van der Waals surface area (Å²) in [4.78, 5) is 24.9. The van der Waals surface area contributed by atoms with E-state index in [1.165, 1.54) is 4.90 Å². The highest BCUT2D eigenvalue weighted by molar-refractivity contribution is 6.09. The summed E-state index contributed by atoms with van der Waals surface area (Å²) in [6.45, 7) is 0.0898. The summed E-state index contributed by atoms with van der Waals surface area (Å²) in [5, 5.41) is 8.85. The molecule has 0 spiro atoms. The van der Waals surface area contributed by atoms with E-state index in [4.69, 9.17) is 10.8 Å². The van der Waals surface area contributed by atoms with Crippen LogP contribution in [0.1, 0.15) is 16.8 Å². The van der Waals surface area contributed by atoms with Gasteiger partial charge >= 0.3 is 5.97 Å². The number of aliphatic carboxylic acids is 1. The lowest BCUT2D eigenvalue weighted by atomic mass is 10.1. The summed E-state index contributed by atoms with van der Waals surface area (Å²) < 4.78 is 0. The first-order chi connectivity index (χ1) is 10.1. The number of para-hydroxylation sites is 2. The summed E-state index contributed by atoms with van der Waals surface area (Å²) in [6.07, 6.45) is -0.132.